The number of ether oxygens (including phenoxy) is 1. The minimum Gasteiger partial charge on any atom is -0.483 e. The van der Waals surface area contributed by atoms with Crippen LogP contribution in [0.25, 0.3) is 0 Å². The molecule has 4 unspecified atom stereocenters. The fraction of sp³-hybridized carbons (Fsp3) is 0.423. The van der Waals surface area contributed by atoms with E-state index in [1.165, 1.54) is 55.6 Å². The molecule has 35 heavy (non-hydrogen) atoms. The number of rotatable bonds is 9. The van der Waals surface area contributed by atoms with Gasteiger partial charge in [0, 0.05) is 6.04 Å². The van der Waals surface area contributed by atoms with Crippen molar-refractivity contribution < 1.29 is 18.3 Å². The number of para-hydroxylation sites is 2. The molecule has 0 radical (unpaired) electrons. The van der Waals surface area contributed by atoms with E-state index in [0.29, 0.717) is 22.8 Å². The maximum absolute atomic E-state index is 14.1. The van der Waals surface area contributed by atoms with Crippen molar-refractivity contribution in [3.63, 3.8) is 0 Å². The van der Waals surface area contributed by atoms with Gasteiger partial charge in [0.15, 0.2) is 22.5 Å². The molecule has 0 saturated heterocycles. The van der Waals surface area contributed by atoms with Gasteiger partial charge in [-0.2, -0.15) is 0 Å². The Morgan fingerprint density at radius 1 is 1.11 bits per heavy atom. The number of thioether (sulfide) groups is 1. The molecule has 0 spiro atoms. The normalized spacial score (nSPS) is 21.7. The van der Waals surface area contributed by atoms with Crippen LogP contribution in [0.5, 0.6) is 5.75 Å². The highest BCUT2D eigenvalue weighted by Crippen LogP contribution is 2.52. The molecule has 1 N–H and O–H groups in total. The first-order valence-electron chi connectivity index (χ1n) is 12.0. The number of benzene rings is 2. The van der Waals surface area contributed by atoms with E-state index in [9.17, 15) is 13.6 Å². The van der Waals surface area contributed by atoms with Crippen LogP contribution in [0.2, 0.25) is 0 Å². The van der Waals surface area contributed by atoms with Crippen molar-refractivity contribution in [2.45, 2.75) is 50.4 Å². The van der Waals surface area contributed by atoms with Gasteiger partial charge in [-0.25, -0.2) is 8.78 Å². The highest BCUT2D eigenvalue weighted by atomic mass is 32.2. The van der Waals surface area contributed by atoms with Crippen LogP contribution in [-0.4, -0.2) is 26.4 Å². The molecule has 9 heteroatoms. The van der Waals surface area contributed by atoms with E-state index in [1.54, 1.807) is 30.3 Å². The van der Waals surface area contributed by atoms with Gasteiger partial charge in [0.1, 0.15) is 12.4 Å². The second-order valence-electron chi connectivity index (χ2n) is 9.38. The lowest BCUT2D eigenvalue weighted by Gasteiger charge is -2.30. The average molecular weight is 499 g/mol. The number of fused-ring (bicyclic) bond motifs is 2. The van der Waals surface area contributed by atoms with E-state index in [4.69, 9.17) is 4.74 Å². The van der Waals surface area contributed by atoms with E-state index >= 15 is 0 Å². The van der Waals surface area contributed by atoms with Crippen molar-refractivity contribution >= 4 is 23.4 Å². The Hall–Kier alpha value is -2.94. The summed E-state index contributed by atoms with van der Waals surface area (Å²) in [7, 11) is 0. The largest absolute Gasteiger partial charge is 0.483 e. The molecule has 2 saturated carbocycles. The molecule has 2 fully saturated rings. The number of hydrogen-bond donors (Lipinski definition) is 1. The lowest BCUT2D eigenvalue weighted by atomic mass is 9.84. The molecule has 3 aromatic rings. The van der Waals surface area contributed by atoms with Gasteiger partial charge in [0.25, 0.3) is 0 Å². The van der Waals surface area contributed by atoms with E-state index in [1.807, 2.05) is 4.57 Å². The van der Waals surface area contributed by atoms with Crippen LogP contribution in [-0.2, 0) is 11.4 Å². The molecule has 5 rings (SSSR count). The minimum atomic E-state index is -0.480. The molecular weight excluding hydrogens is 470 g/mol. The molecule has 6 nitrogen and oxygen atoms in total. The van der Waals surface area contributed by atoms with Crippen LogP contribution in [0, 0.1) is 29.4 Å². The van der Waals surface area contributed by atoms with Crippen LogP contribution in [0.4, 0.5) is 14.5 Å². The summed E-state index contributed by atoms with van der Waals surface area (Å²) in [5, 5.41) is 11.9. The first-order valence-corrected chi connectivity index (χ1v) is 13.0. The number of carbonyl (C=O) groups excluding carboxylic acids is 1. The van der Waals surface area contributed by atoms with Gasteiger partial charge in [-0.15, -0.1) is 10.2 Å². The first-order chi connectivity index (χ1) is 17.0. The van der Waals surface area contributed by atoms with Gasteiger partial charge in [0.05, 0.1) is 11.4 Å². The van der Waals surface area contributed by atoms with Crippen LogP contribution in [0.3, 0.4) is 0 Å². The third-order valence-electron chi connectivity index (χ3n) is 7.23. The van der Waals surface area contributed by atoms with Crippen molar-refractivity contribution in [1.29, 1.82) is 0 Å². The van der Waals surface area contributed by atoms with Crippen molar-refractivity contribution in [2.75, 3.05) is 11.1 Å². The first kappa shape index (κ1) is 23.8. The molecule has 4 atom stereocenters. The van der Waals surface area contributed by atoms with Crippen molar-refractivity contribution in [3.8, 4) is 5.75 Å². The molecule has 1 amide bonds. The van der Waals surface area contributed by atoms with Gasteiger partial charge in [0.2, 0.25) is 5.91 Å². The number of nitrogens with zero attached hydrogens (tertiary/aromatic N) is 3. The number of hydrogen-bond acceptors (Lipinski definition) is 5. The molecule has 0 aliphatic heterocycles. The molecular formula is C26H28F2N4O2S. The van der Waals surface area contributed by atoms with E-state index < -0.39 is 11.6 Å². The fourth-order valence-corrected chi connectivity index (χ4v) is 6.41. The molecule has 2 bridgehead atoms. The number of aromatic nitrogens is 3. The summed E-state index contributed by atoms with van der Waals surface area (Å²) in [5.74, 6) is 1.54. The van der Waals surface area contributed by atoms with Gasteiger partial charge < -0.3 is 10.1 Å². The van der Waals surface area contributed by atoms with E-state index in [0.717, 1.165) is 5.92 Å². The number of amides is 1. The Balaban J connectivity index is 1.33. The van der Waals surface area contributed by atoms with Crippen molar-refractivity contribution in [3.05, 3.63) is 66.0 Å². The summed E-state index contributed by atoms with van der Waals surface area (Å²) < 4.78 is 35.8. The Labute approximate surface area is 207 Å². The second kappa shape index (κ2) is 10.4. The quantitative estimate of drug-likeness (QED) is 0.374. The Morgan fingerprint density at radius 3 is 2.60 bits per heavy atom. The molecule has 2 aliphatic rings. The monoisotopic (exact) mass is 498 g/mol. The van der Waals surface area contributed by atoms with Gasteiger partial charge in [-0.1, -0.05) is 42.4 Å². The number of anilines is 1. The smallest absolute Gasteiger partial charge is 0.234 e. The standard InChI is InChI=1S/C26H28F2N4O2S/c1-16(19-13-17-10-11-18(19)12-17)32-24(14-34-23-9-5-3-7-21(23)28)30-31-26(32)35-15-25(33)29-22-8-4-2-6-20(22)27/h2-9,16-19H,10-15H2,1H3,(H,29,33). The topological polar surface area (TPSA) is 69.0 Å². The number of halogens is 2. The average Bonchev–Trinajstić information content (AvgIpc) is 3.59. The Kier molecular flexibility index (Phi) is 7.04. The number of carbonyl (C=O) groups is 1. The zero-order chi connectivity index (χ0) is 24.4. The zero-order valence-electron chi connectivity index (χ0n) is 19.5. The van der Waals surface area contributed by atoms with Crippen LogP contribution in [0.15, 0.2) is 53.7 Å². The van der Waals surface area contributed by atoms with Crippen molar-refractivity contribution in [1.82, 2.24) is 14.8 Å². The zero-order valence-corrected chi connectivity index (χ0v) is 20.3. The summed E-state index contributed by atoms with van der Waals surface area (Å²) >= 11 is 1.26. The van der Waals surface area contributed by atoms with Gasteiger partial charge in [-0.3, -0.25) is 9.36 Å². The van der Waals surface area contributed by atoms with E-state index in [-0.39, 0.29) is 35.7 Å². The lowest BCUT2D eigenvalue weighted by Crippen LogP contribution is -2.25. The predicted molar refractivity (Wildman–Crippen MR) is 130 cm³/mol. The maximum Gasteiger partial charge on any atom is 0.234 e. The summed E-state index contributed by atoms with van der Waals surface area (Å²) in [6.07, 6.45) is 4.99. The van der Waals surface area contributed by atoms with Crippen LogP contribution >= 0.6 is 11.8 Å². The number of nitrogens with one attached hydrogen (secondary N) is 1. The Bertz CT molecular complexity index is 1200. The fourth-order valence-electron chi connectivity index (χ4n) is 5.57. The van der Waals surface area contributed by atoms with Crippen LogP contribution < -0.4 is 10.1 Å². The molecule has 1 aromatic heterocycles. The summed E-state index contributed by atoms with van der Waals surface area (Å²) in [6.45, 7) is 2.24. The predicted octanol–water partition coefficient (Wildman–Crippen LogP) is 5.86. The second-order valence-corrected chi connectivity index (χ2v) is 10.3. The van der Waals surface area contributed by atoms with Crippen molar-refractivity contribution in [2.24, 2.45) is 17.8 Å². The highest BCUT2D eigenvalue weighted by molar-refractivity contribution is 7.99. The Morgan fingerprint density at radius 2 is 1.89 bits per heavy atom. The van der Waals surface area contributed by atoms with Gasteiger partial charge >= 0.3 is 0 Å². The molecule has 1 heterocycles. The molecule has 2 aromatic carbocycles. The van der Waals surface area contributed by atoms with E-state index in [2.05, 4.69) is 22.4 Å². The third-order valence-corrected chi connectivity index (χ3v) is 8.17. The van der Waals surface area contributed by atoms with Gasteiger partial charge in [-0.05, 0) is 68.2 Å². The van der Waals surface area contributed by atoms with Crippen LogP contribution in [0.1, 0.15) is 44.5 Å². The lowest BCUT2D eigenvalue weighted by molar-refractivity contribution is -0.113. The summed E-state index contributed by atoms with van der Waals surface area (Å²) in [5.41, 5.74) is 0.147. The molecule has 2 aliphatic carbocycles. The third kappa shape index (κ3) is 5.19. The maximum atomic E-state index is 14.1. The summed E-state index contributed by atoms with van der Waals surface area (Å²) in [6, 6.07) is 12.5. The molecule has 184 valence electrons. The summed E-state index contributed by atoms with van der Waals surface area (Å²) in [4.78, 5) is 12.5. The minimum absolute atomic E-state index is 0.0596. The SMILES string of the molecule is CC(C1CC2CCC1C2)n1c(COc2ccccc2F)nnc1SCC(=O)Nc1ccccc1F. The highest BCUT2D eigenvalue weighted by Gasteiger charge is 2.43.